The van der Waals surface area contributed by atoms with Crippen LogP contribution >= 0.6 is 0 Å². The Bertz CT molecular complexity index is 597. The summed E-state index contributed by atoms with van der Waals surface area (Å²) in [5.74, 6) is -0.183. The molecule has 0 aliphatic rings. The number of nitrogens with zero attached hydrogens (tertiary/aromatic N) is 1. The zero-order chi connectivity index (χ0) is 17.6. The van der Waals surface area contributed by atoms with Gasteiger partial charge in [-0.3, -0.25) is 4.79 Å². The lowest BCUT2D eigenvalue weighted by Crippen LogP contribution is -2.34. The van der Waals surface area contributed by atoms with Crippen molar-refractivity contribution in [2.75, 3.05) is 12.4 Å². The highest BCUT2D eigenvalue weighted by Gasteiger charge is 2.20. The van der Waals surface area contributed by atoms with E-state index in [0.717, 1.165) is 11.1 Å². The fraction of sp³-hybridized carbons (Fsp3) is 0.444. The first-order chi connectivity index (χ1) is 10.6. The lowest BCUT2D eigenvalue weighted by atomic mass is 10.1. The zero-order valence-corrected chi connectivity index (χ0v) is 14.8. The molecule has 0 bridgehead atoms. The molecule has 2 amide bonds. The van der Waals surface area contributed by atoms with Crippen molar-refractivity contribution in [3.8, 4) is 0 Å². The van der Waals surface area contributed by atoms with Gasteiger partial charge in [0.2, 0.25) is 5.91 Å². The summed E-state index contributed by atoms with van der Waals surface area (Å²) in [6.45, 7) is 9.55. The number of amides is 2. The van der Waals surface area contributed by atoms with Crippen LogP contribution in [-0.2, 0) is 16.1 Å². The number of carbonyl (C=O) groups is 2. The van der Waals surface area contributed by atoms with Gasteiger partial charge in [0.1, 0.15) is 5.60 Å². The summed E-state index contributed by atoms with van der Waals surface area (Å²) in [4.78, 5) is 25.4. The van der Waals surface area contributed by atoms with E-state index in [0.29, 0.717) is 12.2 Å². The van der Waals surface area contributed by atoms with Gasteiger partial charge in [-0.1, -0.05) is 23.8 Å². The van der Waals surface area contributed by atoms with E-state index in [-0.39, 0.29) is 5.91 Å². The van der Waals surface area contributed by atoms with Crippen LogP contribution in [0.25, 0.3) is 0 Å². The van der Waals surface area contributed by atoms with E-state index in [2.05, 4.69) is 5.32 Å². The van der Waals surface area contributed by atoms with Gasteiger partial charge in [0.05, 0.1) is 6.54 Å². The number of hydrogen-bond acceptors (Lipinski definition) is 3. The molecule has 0 fully saturated rings. The Morgan fingerprint density at radius 3 is 2.39 bits per heavy atom. The summed E-state index contributed by atoms with van der Waals surface area (Å²) < 4.78 is 5.34. The number of ether oxygens (including phenoxy) is 1. The molecule has 0 aliphatic heterocycles. The monoisotopic (exact) mass is 318 g/mol. The molecule has 0 aromatic heterocycles. The fourth-order valence-electron chi connectivity index (χ4n) is 1.87. The molecule has 0 heterocycles. The SMILES string of the molecule is CC(C)=CC(=O)Nc1ccccc1CN(C)C(=O)OC(C)(C)C. The minimum absolute atomic E-state index is 0.183. The molecule has 5 nitrogen and oxygen atoms in total. The van der Waals surface area contributed by atoms with Crippen molar-refractivity contribution in [2.24, 2.45) is 0 Å². The maximum absolute atomic E-state index is 12.0. The molecule has 0 saturated heterocycles. The van der Waals surface area contributed by atoms with E-state index in [1.165, 1.54) is 11.0 Å². The fourth-order valence-corrected chi connectivity index (χ4v) is 1.87. The van der Waals surface area contributed by atoms with Gasteiger partial charge < -0.3 is 15.0 Å². The van der Waals surface area contributed by atoms with Crippen LogP contribution < -0.4 is 5.32 Å². The Hall–Kier alpha value is -2.30. The van der Waals surface area contributed by atoms with Gasteiger partial charge in [-0.2, -0.15) is 0 Å². The highest BCUT2D eigenvalue weighted by molar-refractivity contribution is 6.00. The Balaban J connectivity index is 2.83. The van der Waals surface area contributed by atoms with Crippen LogP contribution in [0, 0.1) is 0 Å². The molecule has 1 rings (SSSR count). The lowest BCUT2D eigenvalue weighted by Gasteiger charge is -2.25. The standard InChI is InChI=1S/C18H26N2O3/c1-13(2)11-16(21)19-15-10-8-7-9-14(15)12-20(6)17(22)23-18(3,4)5/h7-11H,12H2,1-6H3,(H,19,21). The highest BCUT2D eigenvalue weighted by atomic mass is 16.6. The van der Waals surface area contributed by atoms with Gasteiger partial charge in [-0.25, -0.2) is 4.79 Å². The predicted molar refractivity (Wildman–Crippen MR) is 92.2 cm³/mol. The summed E-state index contributed by atoms with van der Waals surface area (Å²) >= 11 is 0. The quantitative estimate of drug-likeness (QED) is 0.855. The maximum atomic E-state index is 12.0. The van der Waals surface area contributed by atoms with Crippen LogP contribution in [0.3, 0.4) is 0 Å². The minimum Gasteiger partial charge on any atom is -0.444 e. The van der Waals surface area contributed by atoms with E-state index >= 15 is 0 Å². The lowest BCUT2D eigenvalue weighted by molar-refractivity contribution is -0.112. The van der Waals surface area contributed by atoms with Gasteiger partial charge in [0, 0.05) is 18.8 Å². The summed E-state index contributed by atoms with van der Waals surface area (Å²) in [5, 5.41) is 2.84. The third kappa shape index (κ3) is 7.00. The Morgan fingerprint density at radius 1 is 1.22 bits per heavy atom. The summed E-state index contributed by atoms with van der Waals surface area (Å²) in [7, 11) is 1.67. The van der Waals surface area contributed by atoms with Crippen molar-refractivity contribution in [3.63, 3.8) is 0 Å². The number of hydrogen-bond donors (Lipinski definition) is 1. The van der Waals surface area contributed by atoms with Crippen LogP contribution in [0.1, 0.15) is 40.2 Å². The summed E-state index contributed by atoms with van der Waals surface area (Å²) in [5.41, 5.74) is 1.91. The average Bonchev–Trinajstić information content (AvgIpc) is 2.37. The first kappa shape index (κ1) is 18.7. The molecule has 126 valence electrons. The van der Waals surface area contributed by atoms with Crippen molar-refractivity contribution in [2.45, 2.75) is 46.8 Å². The van der Waals surface area contributed by atoms with Crippen molar-refractivity contribution in [1.29, 1.82) is 0 Å². The van der Waals surface area contributed by atoms with Crippen molar-refractivity contribution >= 4 is 17.7 Å². The molecule has 0 radical (unpaired) electrons. The topological polar surface area (TPSA) is 58.6 Å². The number of anilines is 1. The molecule has 0 unspecified atom stereocenters. The predicted octanol–water partition coefficient (Wildman–Crippen LogP) is 3.96. The second kappa shape index (κ2) is 7.81. The molecule has 0 saturated carbocycles. The molecular weight excluding hydrogens is 292 g/mol. The second-order valence-corrected chi connectivity index (χ2v) is 6.70. The normalized spacial score (nSPS) is 10.7. The molecule has 0 atom stereocenters. The molecular formula is C18H26N2O3. The average molecular weight is 318 g/mol. The number of nitrogens with one attached hydrogen (secondary N) is 1. The van der Waals surface area contributed by atoms with E-state index < -0.39 is 11.7 Å². The van der Waals surface area contributed by atoms with Gasteiger partial charge in [-0.15, -0.1) is 0 Å². The van der Waals surface area contributed by atoms with Crippen LogP contribution in [-0.4, -0.2) is 29.5 Å². The zero-order valence-electron chi connectivity index (χ0n) is 14.8. The molecule has 1 aromatic carbocycles. The van der Waals surface area contributed by atoms with Crippen LogP contribution in [0.2, 0.25) is 0 Å². The first-order valence-corrected chi connectivity index (χ1v) is 7.56. The number of para-hydroxylation sites is 1. The Labute approximate surface area is 138 Å². The van der Waals surface area contributed by atoms with Crippen LogP contribution in [0.4, 0.5) is 10.5 Å². The Morgan fingerprint density at radius 2 is 1.83 bits per heavy atom. The molecule has 0 spiro atoms. The molecule has 1 N–H and O–H groups in total. The molecule has 0 aliphatic carbocycles. The smallest absolute Gasteiger partial charge is 0.410 e. The third-order valence-corrected chi connectivity index (χ3v) is 2.81. The number of rotatable bonds is 4. The minimum atomic E-state index is -0.539. The van der Waals surface area contributed by atoms with Gasteiger partial charge in [0.25, 0.3) is 0 Å². The van der Waals surface area contributed by atoms with Gasteiger partial charge in [-0.05, 0) is 46.2 Å². The largest absolute Gasteiger partial charge is 0.444 e. The first-order valence-electron chi connectivity index (χ1n) is 7.56. The Kier molecular flexibility index (Phi) is 6.37. The highest BCUT2D eigenvalue weighted by Crippen LogP contribution is 2.18. The molecule has 1 aromatic rings. The molecule has 5 heteroatoms. The third-order valence-electron chi connectivity index (χ3n) is 2.81. The van der Waals surface area contributed by atoms with E-state index in [9.17, 15) is 9.59 Å². The van der Waals surface area contributed by atoms with Crippen LogP contribution in [0.5, 0.6) is 0 Å². The van der Waals surface area contributed by atoms with E-state index in [4.69, 9.17) is 4.74 Å². The number of carbonyl (C=O) groups excluding carboxylic acids is 2. The van der Waals surface area contributed by atoms with Crippen molar-refractivity contribution < 1.29 is 14.3 Å². The molecule has 23 heavy (non-hydrogen) atoms. The summed E-state index contributed by atoms with van der Waals surface area (Å²) in [6, 6.07) is 7.40. The number of benzene rings is 1. The summed E-state index contributed by atoms with van der Waals surface area (Å²) in [6.07, 6.45) is 1.14. The van der Waals surface area contributed by atoms with Gasteiger partial charge >= 0.3 is 6.09 Å². The van der Waals surface area contributed by atoms with Crippen LogP contribution in [0.15, 0.2) is 35.9 Å². The van der Waals surface area contributed by atoms with E-state index in [1.807, 2.05) is 58.9 Å². The maximum Gasteiger partial charge on any atom is 0.410 e. The van der Waals surface area contributed by atoms with E-state index in [1.54, 1.807) is 7.05 Å². The number of allylic oxidation sites excluding steroid dienone is 1. The van der Waals surface area contributed by atoms with Gasteiger partial charge in [0.15, 0.2) is 0 Å². The van der Waals surface area contributed by atoms with Crippen molar-refractivity contribution in [3.05, 3.63) is 41.5 Å². The van der Waals surface area contributed by atoms with Crippen molar-refractivity contribution in [1.82, 2.24) is 4.90 Å². The second-order valence-electron chi connectivity index (χ2n) is 6.70.